The summed E-state index contributed by atoms with van der Waals surface area (Å²) in [5.74, 6) is 0.566. The molecule has 1 aliphatic heterocycles. The van der Waals surface area contributed by atoms with Crippen LogP contribution in [0.5, 0.6) is 0 Å². The normalized spacial score (nSPS) is 20.4. The average Bonchev–Trinajstić information content (AvgIpc) is 2.40. The zero-order valence-corrected chi connectivity index (χ0v) is 12.3. The second-order valence-corrected chi connectivity index (χ2v) is 7.06. The van der Waals surface area contributed by atoms with Gasteiger partial charge in [0.25, 0.3) is 0 Å². The highest BCUT2D eigenvalue weighted by Crippen LogP contribution is 2.16. The maximum atomic E-state index is 12.0. The van der Waals surface area contributed by atoms with Crippen LogP contribution in [-0.4, -0.2) is 28.1 Å². The molecule has 6 heteroatoms. The summed E-state index contributed by atoms with van der Waals surface area (Å²) in [6.45, 7) is 2.53. The Balaban J connectivity index is 1.87. The lowest BCUT2D eigenvalue weighted by atomic mass is 9.96. The summed E-state index contributed by atoms with van der Waals surface area (Å²) >= 11 is 5.81. The molecule has 4 nitrogen and oxygen atoms in total. The molecule has 106 valence electrons. The molecule has 1 aromatic carbocycles. The third kappa shape index (κ3) is 4.45. The van der Waals surface area contributed by atoms with Crippen LogP contribution in [-0.2, 0) is 10.0 Å². The molecule has 19 heavy (non-hydrogen) atoms. The van der Waals surface area contributed by atoms with Crippen LogP contribution in [0.3, 0.4) is 0 Å². The Labute approximate surface area is 119 Å². The van der Waals surface area contributed by atoms with Crippen molar-refractivity contribution < 1.29 is 8.42 Å². The Hall–Kier alpha value is -0.620. The van der Waals surface area contributed by atoms with E-state index in [9.17, 15) is 8.42 Å². The lowest BCUT2D eigenvalue weighted by Crippen LogP contribution is -2.33. The van der Waals surface area contributed by atoms with Crippen molar-refractivity contribution >= 4 is 21.6 Å². The lowest BCUT2D eigenvalue weighted by molar-refractivity contribution is 0.358. The van der Waals surface area contributed by atoms with E-state index in [0.29, 0.717) is 17.5 Å². The summed E-state index contributed by atoms with van der Waals surface area (Å²) in [4.78, 5) is 0.224. The van der Waals surface area contributed by atoms with Gasteiger partial charge in [-0.3, -0.25) is 0 Å². The van der Waals surface area contributed by atoms with Gasteiger partial charge < -0.3 is 5.32 Å². The van der Waals surface area contributed by atoms with Crippen molar-refractivity contribution in [1.82, 2.24) is 10.0 Å². The number of rotatable bonds is 5. The van der Waals surface area contributed by atoms with Crippen molar-refractivity contribution in [3.8, 4) is 0 Å². The summed E-state index contributed by atoms with van der Waals surface area (Å²) in [7, 11) is -3.44. The van der Waals surface area contributed by atoms with Gasteiger partial charge in [0.1, 0.15) is 0 Å². The summed E-state index contributed by atoms with van der Waals surface area (Å²) in [5.41, 5.74) is 0. The minimum absolute atomic E-state index is 0.224. The van der Waals surface area contributed by atoms with Crippen molar-refractivity contribution in [2.45, 2.75) is 24.2 Å². The fourth-order valence-corrected chi connectivity index (χ4v) is 3.63. The highest BCUT2D eigenvalue weighted by molar-refractivity contribution is 7.89. The zero-order chi connectivity index (χ0) is 13.7. The SMILES string of the molecule is O=S(=O)(NCCC1CCCNC1)c1cccc(Cl)c1. The molecule has 1 aliphatic rings. The number of nitrogens with one attached hydrogen (secondary N) is 2. The van der Waals surface area contributed by atoms with Crippen LogP contribution in [0, 0.1) is 5.92 Å². The van der Waals surface area contributed by atoms with E-state index >= 15 is 0 Å². The highest BCUT2D eigenvalue weighted by Gasteiger charge is 2.16. The maximum absolute atomic E-state index is 12.0. The monoisotopic (exact) mass is 302 g/mol. The molecule has 0 amide bonds. The predicted octanol–water partition coefficient (Wildman–Crippen LogP) is 2.01. The number of piperidine rings is 1. The molecule has 1 unspecified atom stereocenters. The van der Waals surface area contributed by atoms with E-state index in [1.54, 1.807) is 18.2 Å². The lowest BCUT2D eigenvalue weighted by Gasteiger charge is -2.22. The van der Waals surface area contributed by atoms with Gasteiger partial charge in [-0.2, -0.15) is 0 Å². The summed E-state index contributed by atoms with van der Waals surface area (Å²) in [5, 5.41) is 3.76. The van der Waals surface area contributed by atoms with Gasteiger partial charge in [0.15, 0.2) is 0 Å². The van der Waals surface area contributed by atoms with E-state index in [2.05, 4.69) is 10.0 Å². The number of hydrogen-bond donors (Lipinski definition) is 2. The molecule has 1 fully saturated rings. The fraction of sp³-hybridized carbons (Fsp3) is 0.538. The quantitative estimate of drug-likeness (QED) is 0.875. The molecule has 0 aromatic heterocycles. The Bertz CT molecular complexity index is 513. The first-order chi connectivity index (χ1) is 9.08. The van der Waals surface area contributed by atoms with E-state index < -0.39 is 10.0 Å². The summed E-state index contributed by atoms with van der Waals surface area (Å²) in [6, 6.07) is 6.32. The number of hydrogen-bond acceptors (Lipinski definition) is 3. The van der Waals surface area contributed by atoms with Crippen molar-refractivity contribution in [2.24, 2.45) is 5.92 Å². The fourth-order valence-electron chi connectivity index (χ4n) is 2.29. The molecule has 2 N–H and O–H groups in total. The second kappa shape index (κ2) is 6.70. The molecule has 0 saturated carbocycles. The van der Waals surface area contributed by atoms with E-state index in [-0.39, 0.29) is 4.90 Å². The molecule has 0 radical (unpaired) electrons. The van der Waals surface area contributed by atoms with E-state index in [4.69, 9.17) is 11.6 Å². The molecular weight excluding hydrogens is 284 g/mol. The van der Waals surface area contributed by atoms with Gasteiger partial charge >= 0.3 is 0 Å². The minimum Gasteiger partial charge on any atom is -0.316 e. The van der Waals surface area contributed by atoms with Crippen LogP contribution >= 0.6 is 11.6 Å². The molecule has 2 rings (SSSR count). The topological polar surface area (TPSA) is 58.2 Å². The molecule has 1 heterocycles. The number of halogens is 1. The van der Waals surface area contributed by atoms with Crippen molar-refractivity contribution in [3.05, 3.63) is 29.3 Å². The molecule has 1 saturated heterocycles. The van der Waals surface area contributed by atoms with Gasteiger partial charge in [-0.05, 0) is 56.5 Å². The van der Waals surface area contributed by atoms with Crippen LogP contribution in [0.2, 0.25) is 5.02 Å². The van der Waals surface area contributed by atoms with Crippen molar-refractivity contribution in [2.75, 3.05) is 19.6 Å². The molecule has 0 aliphatic carbocycles. The molecule has 0 spiro atoms. The predicted molar refractivity (Wildman–Crippen MR) is 76.9 cm³/mol. The van der Waals surface area contributed by atoms with Gasteiger partial charge in [-0.15, -0.1) is 0 Å². The van der Waals surface area contributed by atoms with Crippen LogP contribution < -0.4 is 10.0 Å². The minimum atomic E-state index is -3.44. The first-order valence-electron chi connectivity index (χ1n) is 6.54. The standard InChI is InChI=1S/C13H19ClN2O2S/c14-12-4-1-5-13(9-12)19(17,18)16-8-6-11-3-2-7-15-10-11/h1,4-5,9,11,15-16H,2-3,6-8,10H2. The van der Waals surface area contributed by atoms with Gasteiger partial charge in [-0.25, -0.2) is 13.1 Å². The summed E-state index contributed by atoms with van der Waals surface area (Å²) in [6.07, 6.45) is 3.21. The van der Waals surface area contributed by atoms with Crippen LogP contribution in [0.25, 0.3) is 0 Å². The van der Waals surface area contributed by atoms with Gasteiger partial charge in [0, 0.05) is 11.6 Å². The largest absolute Gasteiger partial charge is 0.316 e. The van der Waals surface area contributed by atoms with Gasteiger partial charge in [-0.1, -0.05) is 17.7 Å². The summed E-state index contributed by atoms with van der Waals surface area (Å²) < 4.78 is 26.7. The zero-order valence-electron chi connectivity index (χ0n) is 10.7. The van der Waals surface area contributed by atoms with Crippen molar-refractivity contribution in [3.63, 3.8) is 0 Å². The van der Waals surface area contributed by atoms with Gasteiger partial charge in [0.05, 0.1) is 4.90 Å². The Kier molecular flexibility index (Phi) is 5.21. The molecule has 1 atom stereocenters. The average molecular weight is 303 g/mol. The van der Waals surface area contributed by atoms with Crippen LogP contribution in [0.4, 0.5) is 0 Å². The highest BCUT2D eigenvalue weighted by atomic mass is 35.5. The third-order valence-corrected chi connectivity index (χ3v) is 5.04. The Morgan fingerprint density at radius 1 is 1.42 bits per heavy atom. The smallest absolute Gasteiger partial charge is 0.240 e. The molecule has 0 bridgehead atoms. The van der Waals surface area contributed by atoms with E-state index in [0.717, 1.165) is 19.5 Å². The molecular formula is C13H19ClN2O2S. The van der Waals surface area contributed by atoms with Crippen LogP contribution in [0.15, 0.2) is 29.2 Å². The first kappa shape index (κ1) is 14.8. The third-order valence-electron chi connectivity index (χ3n) is 3.35. The van der Waals surface area contributed by atoms with Crippen LogP contribution in [0.1, 0.15) is 19.3 Å². The number of sulfonamides is 1. The first-order valence-corrected chi connectivity index (χ1v) is 8.40. The van der Waals surface area contributed by atoms with Crippen molar-refractivity contribution in [1.29, 1.82) is 0 Å². The Morgan fingerprint density at radius 2 is 2.26 bits per heavy atom. The number of benzene rings is 1. The Morgan fingerprint density at radius 3 is 2.95 bits per heavy atom. The van der Waals surface area contributed by atoms with E-state index in [1.165, 1.54) is 18.9 Å². The second-order valence-electron chi connectivity index (χ2n) is 4.86. The van der Waals surface area contributed by atoms with E-state index in [1.807, 2.05) is 0 Å². The van der Waals surface area contributed by atoms with Gasteiger partial charge in [0.2, 0.25) is 10.0 Å². The maximum Gasteiger partial charge on any atom is 0.240 e. The molecule has 1 aromatic rings.